The Hall–Kier alpha value is -0.380. The number of nitrogens with one attached hydrogen (secondary N) is 1. The van der Waals surface area contributed by atoms with E-state index in [2.05, 4.69) is 16.8 Å². The minimum absolute atomic E-state index is 0.238. The van der Waals surface area contributed by atoms with Crippen molar-refractivity contribution < 1.29 is 4.74 Å². The van der Waals surface area contributed by atoms with E-state index in [-0.39, 0.29) is 5.60 Å². The summed E-state index contributed by atoms with van der Waals surface area (Å²) < 4.78 is 6.16. The number of aryl methyl sites for hydroxylation is 1. The second-order valence-corrected chi connectivity index (χ2v) is 7.84. The summed E-state index contributed by atoms with van der Waals surface area (Å²) >= 11 is 1.95. The Morgan fingerprint density at radius 1 is 1.20 bits per heavy atom. The lowest BCUT2D eigenvalue weighted by molar-refractivity contribution is -0.0849. The molecule has 1 aromatic heterocycles. The van der Waals surface area contributed by atoms with Crippen molar-refractivity contribution in [3.05, 3.63) is 21.9 Å². The average molecular weight is 291 g/mol. The van der Waals surface area contributed by atoms with Crippen molar-refractivity contribution in [2.24, 2.45) is 0 Å². The third kappa shape index (κ3) is 2.44. The lowest BCUT2D eigenvalue weighted by Crippen LogP contribution is -2.46. The highest BCUT2D eigenvalue weighted by Crippen LogP contribution is 2.41. The van der Waals surface area contributed by atoms with Gasteiger partial charge in [-0.15, -0.1) is 11.3 Å². The van der Waals surface area contributed by atoms with E-state index in [0.717, 1.165) is 6.61 Å². The van der Waals surface area contributed by atoms with Crippen molar-refractivity contribution >= 4 is 11.3 Å². The lowest BCUT2D eigenvalue weighted by Gasteiger charge is -2.40. The molecule has 20 heavy (non-hydrogen) atoms. The predicted octanol–water partition coefficient (Wildman–Crippen LogP) is 4.21. The molecule has 2 nitrogen and oxygen atoms in total. The quantitative estimate of drug-likeness (QED) is 0.881. The zero-order valence-corrected chi connectivity index (χ0v) is 13.0. The summed E-state index contributed by atoms with van der Waals surface area (Å²) in [6, 6.07) is 3.62. The third-order valence-corrected chi connectivity index (χ3v) is 6.49. The van der Waals surface area contributed by atoms with Gasteiger partial charge in [-0.3, -0.25) is 0 Å². The summed E-state index contributed by atoms with van der Waals surface area (Å²) in [7, 11) is 0. The van der Waals surface area contributed by atoms with Crippen LogP contribution >= 0.6 is 11.3 Å². The molecule has 0 bridgehead atoms. The monoisotopic (exact) mass is 291 g/mol. The van der Waals surface area contributed by atoms with Crippen molar-refractivity contribution in [1.29, 1.82) is 0 Å². The van der Waals surface area contributed by atoms with E-state index in [9.17, 15) is 0 Å². The van der Waals surface area contributed by atoms with Gasteiger partial charge in [0.05, 0.1) is 5.60 Å². The summed E-state index contributed by atoms with van der Waals surface area (Å²) in [5, 5.41) is 6.25. The predicted molar refractivity (Wildman–Crippen MR) is 83.3 cm³/mol. The Morgan fingerprint density at radius 3 is 3.00 bits per heavy atom. The highest BCUT2D eigenvalue weighted by molar-refractivity contribution is 7.10. The summed E-state index contributed by atoms with van der Waals surface area (Å²) in [5.74, 6) is 0. The Morgan fingerprint density at radius 2 is 2.10 bits per heavy atom. The maximum atomic E-state index is 6.16. The molecule has 1 spiro atoms. The Bertz CT molecular complexity index is 463. The smallest absolute Gasteiger partial charge is 0.0697 e. The van der Waals surface area contributed by atoms with Crippen LogP contribution in [0.1, 0.15) is 67.8 Å². The van der Waals surface area contributed by atoms with Crippen LogP contribution in [0, 0.1) is 0 Å². The molecule has 1 saturated carbocycles. The van der Waals surface area contributed by atoms with Crippen LogP contribution < -0.4 is 5.32 Å². The van der Waals surface area contributed by atoms with Crippen molar-refractivity contribution in [2.45, 2.75) is 75.5 Å². The van der Waals surface area contributed by atoms with Gasteiger partial charge in [0.2, 0.25) is 0 Å². The minimum Gasteiger partial charge on any atom is -0.375 e. The van der Waals surface area contributed by atoms with Gasteiger partial charge in [0.1, 0.15) is 0 Å². The first-order valence-corrected chi connectivity index (χ1v) is 9.19. The van der Waals surface area contributed by atoms with Crippen LogP contribution in [-0.4, -0.2) is 18.2 Å². The molecule has 1 saturated heterocycles. The Labute approximate surface area is 125 Å². The van der Waals surface area contributed by atoms with E-state index in [1.54, 1.807) is 10.4 Å². The van der Waals surface area contributed by atoms with Crippen molar-refractivity contribution in [1.82, 2.24) is 5.32 Å². The molecule has 2 fully saturated rings. The van der Waals surface area contributed by atoms with Crippen LogP contribution in [0.15, 0.2) is 11.4 Å². The number of thiophene rings is 1. The molecule has 0 aromatic carbocycles. The largest absolute Gasteiger partial charge is 0.375 e. The summed E-state index contributed by atoms with van der Waals surface area (Å²) in [5.41, 5.74) is 1.83. The molecule has 0 radical (unpaired) electrons. The average Bonchev–Trinajstić information content (AvgIpc) is 3.09. The molecule has 3 heteroatoms. The van der Waals surface area contributed by atoms with Gasteiger partial charge in [0.25, 0.3) is 0 Å². The molecule has 110 valence electrons. The minimum atomic E-state index is 0.238. The fourth-order valence-electron chi connectivity index (χ4n) is 4.48. The van der Waals surface area contributed by atoms with E-state index in [4.69, 9.17) is 4.74 Å². The topological polar surface area (TPSA) is 21.3 Å². The molecule has 3 aliphatic rings. The highest BCUT2D eigenvalue weighted by Gasteiger charge is 2.40. The number of fused-ring (bicyclic) bond motifs is 1. The summed E-state index contributed by atoms with van der Waals surface area (Å²) in [6.45, 7) is 0.959. The first-order chi connectivity index (χ1) is 9.85. The van der Waals surface area contributed by atoms with Gasteiger partial charge in [-0.1, -0.05) is 12.8 Å². The number of ether oxygens (including phenoxy) is 1. The molecule has 4 rings (SSSR count). The van der Waals surface area contributed by atoms with Crippen LogP contribution in [0.4, 0.5) is 0 Å². The molecular weight excluding hydrogens is 266 g/mol. The van der Waals surface area contributed by atoms with Gasteiger partial charge in [0, 0.05) is 23.6 Å². The summed E-state index contributed by atoms with van der Waals surface area (Å²) in [6.07, 6.45) is 11.7. The fraction of sp³-hybridized carbons (Fsp3) is 0.765. The van der Waals surface area contributed by atoms with Crippen LogP contribution in [0.25, 0.3) is 0 Å². The zero-order chi connectivity index (χ0) is 13.4. The van der Waals surface area contributed by atoms with Crippen LogP contribution in [0.3, 0.4) is 0 Å². The van der Waals surface area contributed by atoms with E-state index >= 15 is 0 Å². The molecule has 2 aliphatic carbocycles. The first-order valence-electron chi connectivity index (χ1n) is 8.31. The zero-order valence-electron chi connectivity index (χ0n) is 12.2. The van der Waals surface area contributed by atoms with Gasteiger partial charge >= 0.3 is 0 Å². The summed E-state index contributed by atoms with van der Waals surface area (Å²) in [4.78, 5) is 1.62. The molecule has 2 heterocycles. The number of rotatable bonds is 2. The van der Waals surface area contributed by atoms with Gasteiger partial charge in [-0.05, 0) is 62.0 Å². The molecule has 1 aromatic rings. The van der Waals surface area contributed by atoms with E-state index in [1.807, 2.05) is 11.3 Å². The molecule has 2 atom stereocenters. The maximum Gasteiger partial charge on any atom is 0.0697 e. The highest BCUT2D eigenvalue weighted by atomic mass is 32.1. The van der Waals surface area contributed by atoms with Gasteiger partial charge < -0.3 is 10.1 Å². The third-order valence-electron chi connectivity index (χ3n) is 5.50. The van der Waals surface area contributed by atoms with Crippen molar-refractivity contribution in [3.8, 4) is 0 Å². The van der Waals surface area contributed by atoms with Crippen molar-refractivity contribution in [2.75, 3.05) is 6.61 Å². The van der Waals surface area contributed by atoms with Crippen LogP contribution in [0.5, 0.6) is 0 Å². The second kappa shape index (κ2) is 5.43. The Balaban J connectivity index is 1.45. The number of hydrogen-bond acceptors (Lipinski definition) is 3. The molecular formula is C17H25NOS. The second-order valence-electron chi connectivity index (χ2n) is 6.84. The fourth-order valence-corrected chi connectivity index (χ4v) is 5.47. The van der Waals surface area contributed by atoms with Gasteiger partial charge in [-0.2, -0.15) is 0 Å². The molecule has 1 N–H and O–H groups in total. The van der Waals surface area contributed by atoms with E-state index in [1.165, 1.54) is 57.8 Å². The normalized spacial score (nSPS) is 32.4. The van der Waals surface area contributed by atoms with E-state index in [0.29, 0.717) is 12.1 Å². The maximum absolute atomic E-state index is 6.16. The first kappa shape index (κ1) is 13.3. The van der Waals surface area contributed by atoms with E-state index < -0.39 is 0 Å². The van der Waals surface area contributed by atoms with Gasteiger partial charge in [-0.25, -0.2) is 0 Å². The lowest BCUT2D eigenvalue weighted by atomic mass is 9.87. The molecule has 0 amide bonds. The molecule has 2 unspecified atom stereocenters. The van der Waals surface area contributed by atoms with Gasteiger partial charge in [0.15, 0.2) is 0 Å². The molecule has 1 aliphatic heterocycles. The van der Waals surface area contributed by atoms with Crippen LogP contribution in [-0.2, 0) is 11.2 Å². The Kier molecular flexibility index (Phi) is 3.61. The van der Waals surface area contributed by atoms with Crippen molar-refractivity contribution in [3.63, 3.8) is 0 Å². The van der Waals surface area contributed by atoms with Crippen LogP contribution in [0.2, 0.25) is 0 Å². The number of hydrogen-bond donors (Lipinski definition) is 1. The SMILES string of the molecule is c1cc2c(s1)CCCC2NC1CCOC2(CCCC2)C1. The standard InChI is InChI=1S/C17H25NOS/c1-2-9-17(8-1)12-13(6-10-19-17)18-15-4-3-5-16-14(15)7-11-20-16/h7,11,13,15,18H,1-6,8-10,12H2.